The van der Waals surface area contributed by atoms with Gasteiger partial charge < -0.3 is 0 Å². The van der Waals surface area contributed by atoms with Gasteiger partial charge in [-0.2, -0.15) is 0 Å². The topological polar surface area (TPSA) is 0 Å². The van der Waals surface area contributed by atoms with Crippen molar-refractivity contribution in [1.29, 1.82) is 0 Å². The van der Waals surface area contributed by atoms with E-state index in [9.17, 15) is 0 Å². The number of hydrogen-bond donors (Lipinski definition) is 0. The van der Waals surface area contributed by atoms with Gasteiger partial charge in [-0.3, -0.25) is 0 Å². The summed E-state index contributed by atoms with van der Waals surface area (Å²) in [5, 5.41) is 0. The van der Waals surface area contributed by atoms with Crippen LogP contribution < -0.4 is 0 Å². The van der Waals surface area contributed by atoms with Gasteiger partial charge >= 0.3 is 0 Å². The normalized spacial score (nSPS) is 19.2. The molecule has 0 heterocycles. The third kappa shape index (κ3) is 3.09. The third-order valence-corrected chi connectivity index (χ3v) is 3.54. The van der Waals surface area contributed by atoms with E-state index in [4.69, 9.17) is 0 Å². The molecule has 1 aromatic carbocycles. The highest BCUT2D eigenvalue weighted by atomic mass is 14.1. The monoisotopic (exact) mass is 226 g/mol. The summed E-state index contributed by atoms with van der Waals surface area (Å²) in [4.78, 5) is 0. The zero-order valence-electron chi connectivity index (χ0n) is 10.9. The first-order chi connectivity index (χ1) is 8.33. The van der Waals surface area contributed by atoms with Gasteiger partial charge in [0.15, 0.2) is 0 Å². The molecule has 0 spiro atoms. The Morgan fingerprint density at radius 1 is 1.12 bits per heavy atom. The van der Waals surface area contributed by atoms with Crippen molar-refractivity contribution >= 4 is 5.57 Å². The summed E-state index contributed by atoms with van der Waals surface area (Å²) in [6, 6.07) is 9.04. The molecule has 1 aliphatic carbocycles. The lowest BCUT2D eigenvalue weighted by Gasteiger charge is -2.14. The van der Waals surface area contributed by atoms with Gasteiger partial charge in [-0.1, -0.05) is 62.8 Å². The lowest BCUT2D eigenvalue weighted by molar-refractivity contribution is 0.634. The van der Waals surface area contributed by atoms with Crippen molar-refractivity contribution in [3.05, 3.63) is 53.6 Å². The second-order valence-corrected chi connectivity index (χ2v) is 4.87. The highest BCUT2D eigenvalue weighted by Crippen LogP contribution is 2.25. The van der Waals surface area contributed by atoms with Crippen molar-refractivity contribution in [2.45, 2.75) is 39.5 Å². The van der Waals surface area contributed by atoms with E-state index in [-0.39, 0.29) is 0 Å². The van der Waals surface area contributed by atoms with Crippen LogP contribution in [0.5, 0.6) is 0 Å². The van der Waals surface area contributed by atoms with Gasteiger partial charge in [0.2, 0.25) is 0 Å². The fourth-order valence-corrected chi connectivity index (χ4v) is 2.33. The number of rotatable bonds is 4. The van der Waals surface area contributed by atoms with Crippen molar-refractivity contribution < 1.29 is 0 Å². The highest BCUT2D eigenvalue weighted by molar-refractivity contribution is 5.74. The van der Waals surface area contributed by atoms with E-state index in [1.165, 1.54) is 42.4 Å². The highest BCUT2D eigenvalue weighted by Gasteiger charge is 2.07. The molecule has 0 bridgehead atoms. The van der Waals surface area contributed by atoms with Crippen molar-refractivity contribution in [1.82, 2.24) is 0 Å². The largest absolute Gasteiger partial charge is 0.0805 e. The average molecular weight is 226 g/mol. The molecule has 1 unspecified atom stereocenters. The van der Waals surface area contributed by atoms with Crippen LogP contribution in [0.3, 0.4) is 0 Å². The Bertz CT molecular complexity index is 406. The summed E-state index contributed by atoms with van der Waals surface area (Å²) >= 11 is 0. The molecule has 0 nitrogen and oxygen atoms in total. The second kappa shape index (κ2) is 5.86. The number of allylic oxidation sites excluding steroid dienone is 4. The zero-order valence-corrected chi connectivity index (χ0v) is 10.9. The quantitative estimate of drug-likeness (QED) is 0.677. The summed E-state index contributed by atoms with van der Waals surface area (Å²) in [6.45, 7) is 4.48. The van der Waals surface area contributed by atoms with Crippen LogP contribution in [0.2, 0.25) is 0 Å². The predicted octanol–water partition coefficient (Wildman–Crippen LogP) is 5.01. The predicted molar refractivity (Wildman–Crippen MR) is 76.0 cm³/mol. The number of aryl methyl sites for hydroxylation is 1. The molecule has 0 aromatic heterocycles. The zero-order chi connectivity index (χ0) is 12.1. The minimum Gasteiger partial charge on any atom is -0.0805 e. The number of hydrogen-bond acceptors (Lipinski definition) is 0. The molecule has 0 aliphatic heterocycles. The lowest BCUT2D eigenvalue weighted by Crippen LogP contribution is -1.97. The van der Waals surface area contributed by atoms with Gasteiger partial charge in [0.05, 0.1) is 0 Å². The Hall–Kier alpha value is -1.30. The molecular formula is C17H22. The standard InChI is InChI=1S/C17H22/c1-3-5-15-8-12-17(13-9-15)16-10-6-14(4-2)7-11-16/h6,8-14H,3-5,7H2,1-2H3. The molecule has 1 atom stereocenters. The maximum Gasteiger partial charge on any atom is -0.0187 e. The summed E-state index contributed by atoms with van der Waals surface area (Å²) in [5.74, 6) is 0.748. The first-order valence-corrected chi connectivity index (χ1v) is 6.81. The van der Waals surface area contributed by atoms with Crippen LogP contribution in [0, 0.1) is 5.92 Å². The minimum absolute atomic E-state index is 0.748. The van der Waals surface area contributed by atoms with Gasteiger partial charge in [-0.25, -0.2) is 0 Å². The Kier molecular flexibility index (Phi) is 4.19. The average Bonchev–Trinajstić information content (AvgIpc) is 2.40. The molecule has 1 aromatic rings. The van der Waals surface area contributed by atoms with Crippen LogP contribution in [0.25, 0.3) is 5.57 Å². The van der Waals surface area contributed by atoms with Crippen molar-refractivity contribution in [2.24, 2.45) is 5.92 Å². The Morgan fingerprint density at radius 2 is 1.88 bits per heavy atom. The Labute approximate surface area is 105 Å². The Morgan fingerprint density at radius 3 is 2.41 bits per heavy atom. The minimum atomic E-state index is 0.748. The van der Waals surface area contributed by atoms with Gasteiger partial charge in [-0.15, -0.1) is 0 Å². The molecule has 0 N–H and O–H groups in total. The van der Waals surface area contributed by atoms with Gasteiger partial charge in [-0.05, 0) is 41.9 Å². The first kappa shape index (κ1) is 12.2. The van der Waals surface area contributed by atoms with E-state index >= 15 is 0 Å². The van der Waals surface area contributed by atoms with Crippen LogP contribution in [-0.4, -0.2) is 0 Å². The SMILES string of the molecule is CCCc1ccc(C2=CCC(CC)C=C2)cc1. The smallest absolute Gasteiger partial charge is 0.0187 e. The molecular weight excluding hydrogens is 204 g/mol. The van der Waals surface area contributed by atoms with E-state index in [0.29, 0.717) is 0 Å². The van der Waals surface area contributed by atoms with E-state index in [1.54, 1.807) is 0 Å². The van der Waals surface area contributed by atoms with Crippen LogP contribution in [0.15, 0.2) is 42.5 Å². The molecule has 2 rings (SSSR count). The maximum atomic E-state index is 2.38. The van der Waals surface area contributed by atoms with Crippen LogP contribution in [-0.2, 0) is 6.42 Å². The summed E-state index contributed by atoms with van der Waals surface area (Å²) in [5.41, 5.74) is 4.19. The summed E-state index contributed by atoms with van der Waals surface area (Å²) < 4.78 is 0. The van der Waals surface area contributed by atoms with Crippen LogP contribution in [0.1, 0.15) is 44.2 Å². The molecule has 0 saturated carbocycles. The molecule has 0 radical (unpaired) electrons. The molecule has 0 heteroatoms. The maximum absolute atomic E-state index is 2.38. The van der Waals surface area contributed by atoms with E-state index < -0.39 is 0 Å². The van der Waals surface area contributed by atoms with Crippen molar-refractivity contribution in [2.75, 3.05) is 0 Å². The van der Waals surface area contributed by atoms with Crippen LogP contribution in [0.4, 0.5) is 0 Å². The van der Waals surface area contributed by atoms with Gasteiger partial charge in [0, 0.05) is 0 Å². The lowest BCUT2D eigenvalue weighted by atomic mass is 9.91. The van der Waals surface area contributed by atoms with E-state index in [0.717, 1.165) is 5.92 Å². The second-order valence-electron chi connectivity index (χ2n) is 4.87. The van der Waals surface area contributed by atoms with Crippen molar-refractivity contribution in [3.63, 3.8) is 0 Å². The Balaban J connectivity index is 2.08. The fourth-order valence-electron chi connectivity index (χ4n) is 2.33. The summed E-state index contributed by atoms with van der Waals surface area (Å²) in [7, 11) is 0. The third-order valence-electron chi connectivity index (χ3n) is 3.54. The molecule has 0 saturated heterocycles. The van der Waals surface area contributed by atoms with Crippen LogP contribution >= 0.6 is 0 Å². The van der Waals surface area contributed by atoms with E-state index in [1.807, 2.05) is 0 Å². The molecule has 0 fully saturated rings. The number of benzene rings is 1. The van der Waals surface area contributed by atoms with Gasteiger partial charge in [0.1, 0.15) is 0 Å². The van der Waals surface area contributed by atoms with Crippen molar-refractivity contribution in [3.8, 4) is 0 Å². The first-order valence-electron chi connectivity index (χ1n) is 6.81. The van der Waals surface area contributed by atoms with E-state index in [2.05, 4.69) is 56.3 Å². The molecule has 90 valence electrons. The van der Waals surface area contributed by atoms with Gasteiger partial charge in [0.25, 0.3) is 0 Å². The molecule has 0 amide bonds. The molecule has 1 aliphatic rings. The fraction of sp³-hybridized carbons (Fsp3) is 0.412. The summed E-state index contributed by atoms with van der Waals surface area (Å²) in [6.07, 6.45) is 11.9. The molecule has 17 heavy (non-hydrogen) atoms.